The molecule has 1 aromatic heterocycles. The van der Waals surface area contributed by atoms with Gasteiger partial charge in [-0.2, -0.15) is 0 Å². The number of fused-ring (bicyclic) bond motifs is 1. The topological polar surface area (TPSA) is 68.9 Å². The molecule has 6 nitrogen and oxygen atoms in total. The van der Waals surface area contributed by atoms with Gasteiger partial charge in [-0.1, -0.05) is 35.9 Å². The van der Waals surface area contributed by atoms with Crippen LogP contribution in [0.25, 0.3) is 11.4 Å². The van der Waals surface area contributed by atoms with Crippen molar-refractivity contribution in [3.05, 3.63) is 75.2 Å². The Morgan fingerprint density at radius 2 is 1.72 bits per heavy atom. The number of hydrogen-bond donors (Lipinski definition) is 1. The van der Waals surface area contributed by atoms with E-state index >= 15 is 0 Å². The van der Waals surface area contributed by atoms with E-state index in [0.717, 1.165) is 31.2 Å². The molecule has 2 aliphatic rings. The second-order valence-electron chi connectivity index (χ2n) is 7.81. The number of hydrogen-bond acceptors (Lipinski definition) is 3. The van der Waals surface area contributed by atoms with Gasteiger partial charge in [0.1, 0.15) is 6.54 Å². The van der Waals surface area contributed by atoms with Crippen molar-refractivity contribution < 1.29 is 4.79 Å². The molecule has 0 unspecified atom stereocenters. The quantitative estimate of drug-likeness (QED) is 0.705. The van der Waals surface area contributed by atoms with Gasteiger partial charge in [-0.25, -0.2) is 9.48 Å². The summed E-state index contributed by atoms with van der Waals surface area (Å²) in [4.78, 5) is 25.5. The normalized spacial score (nSPS) is 16.0. The molecule has 3 aromatic rings. The molecule has 148 valence electrons. The summed E-state index contributed by atoms with van der Waals surface area (Å²) in [5.74, 6) is 0.406. The highest BCUT2D eigenvalue weighted by atomic mass is 35.5. The molecule has 1 saturated carbocycles. The van der Waals surface area contributed by atoms with Crippen LogP contribution >= 0.6 is 11.6 Å². The summed E-state index contributed by atoms with van der Waals surface area (Å²) in [6.07, 6.45) is 3.56. The second kappa shape index (κ2) is 7.19. The van der Waals surface area contributed by atoms with Gasteiger partial charge in [0.15, 0.2) is 5.82 Å². The van der Waals surface area contributed by atoms with Gasteiger partial charge in [0.2, 0.25) is 5.91 Å². The minimum Gasteiger partial charge on any atom is -0.351 e. The van der Waals surface area contributed by atoms with Gasteiger partial charge in [0, 0.05) is 22.7 Å². The molecular weight excluding hydrogens is 388 g/mol. The third-order valence-corrected chi connectivity index (χ3v) is 5.85. The first-order valence-corrected chi connectivity index (χ1v) is 10.3. The zero-order chi connectivity index (χ0) is 20.0. The van der Waals surface area contributed by atoms with Crippen molar-refractivity contribution in [1.82, 2.24) is 19.7 Å². The number of nitrogens with zero attached hydrogens (tertiary/aromatic N) is 3. The highest BCUT2D eigenvalue weighted by molar-refractivity contribution is 6.30. The first-order valence-electron chi connectivity index (χ1n) is 9.90. The maximum absolute atomic E-state index is 12.9. The van der Waals surface area contributed by atoms with E-state index in [0.29, 0.717) is 10.8 Å². The average molecular weight is 409 g/mol. The summed E-state index contributed by atoms with van der Waals surface area (Å²) in [5.41, 5.74) is 3.14. The van der Waals surface area contributed by atoms with Crippen molar-refractivity contribution in [2.24, 2.45) is 0 Å². The molecule has 0 saturated heterocycles. The number of carbonyl (C=O) groups excluding carboxylic acids is 1. The maximum atomic E-state index is 12.9. The summed E-state index contributed by atoms with van der Waals surface area (Å²) >= 11 is 5.99. The summed E-state index contributed by atoms with van der Waals surface area (Å²) in [5, 5.41) is 8.18. The third kappa shape index (κ3) is 3.60. The molecule has 0 aliphatic heterocycles. The van der Waals surface area contributed by atoms with Crippen LogP contribution < -0.4 is 11.0 Å². The van der Waals surface area contributed by atoms with E-state index in [4.69, 9.17) is 11.6 Å². The number of rotatable bonds is 5. The predicted octanol–water partition coefficient (Wildman–Crippen LogP) is 2.98. The minimum atomic E-state index is -0.234. The van der Waals surface area contributed by atoms with Gasteiger partial charge in [-0.3, -0.25) is 9.36 Å². The lowest BCUT2D eigenvalue weighted by Crippen LogP contribution is -2.39. The Morgan fingerprint density at radius 1 is 1.07 bits per heavy atom. The van der Waals surface area contributed by atoms with Gasteiger partial charge in [-0.15, -0.1) is 5.10 Å². The Morgan fingerprint density at radius 3 is 2.34 bits per heavy atom. The van der Waals surface area contributed by atoms with Gasteiger partial charge in [-0.05, 0) is 61.1 Å². The van der Waals surface area contributed by atoms with E-state index in [2.05, 4.69) is 22.5 Å². The highest BCUT2D eigenvalue weighted by Crippen LogP contribution is 2.36. The molecular formula is C22H21ClN4O2. The molecule has 0 atom stereocenters. The zero-order valence-corrected chi connectivity index (χ0v) is 16.6. The van der Waals surface area contributed by atoms with E-state index < -0.39 is 0 Å². The van der Waals surface area contributed by atoms with Crippen LogP contribution in [0.2, 0.25) is 5.02 Å². The van der Waals surface area contributed by atoms with Crippen LogP contribution in [0.15, 0.2) is 53.3 Å². The van der Waals surface area contributed by atoms with E-state index in [1.54, 1.807) is 16.7 Å². The fourth-order valence-corrected chi connectivity index (χ4v) is 4.18. The van der Waals surface area contributed by atoms with E-state index in [9.17, 15) is 9.59 Å². The molecule has 1 fully saturated rings. The van der Waals surface area contributed by atoms with Crippen LogP contribution in [0.4, 0.5) is 0 Å². The summed E-state index contributed by atoms with van der Waals surface area (Å²) in [6.45, 7) is -0.0774. The minimum absolute atomic E-state index is 0.0665. The van der Waals surface area contributed by atoms with Crippen molar-refractivity contribution in [1.29, 1.82) is 0 Å². The third-order valence-electron chi connectivity index (χ3n) is 5.59. The Labute approximate surface area is 173 Å². The van der Waals surface area contributed by atoms with Crippen LogP contribution in [0.5, 0.6) is 0 Å². The van der Waals surface area contributed by atoms with Crippen molar-refractivity contribution >= 4 is 17.5 Å². The fourth-order valence-electron chi connectivity index (χ4n) is 4.05. The highest BCUT2D eigenvalue weighted by Gasteiger charge is 2.31. The van der Waals surface area contributed by atoms with Crippen molar-refractivity contribution in [2.45, 2.75) is 44.3 Å². The molecule has 0 radical (unpaired) electrons. The van der Waals surface area contributed by atoms with E-state index in [1.165, 1.54) is 15.8 Å². The molecule has 5 rings (SSSR count). The van der Waals surface area contributed by atoms with Gasteiger partial charge >= 0.3 is 5.69 Å². The maximum Gasteiger partial charge on any atom is 0.346 e. The van der Waals surface area contributed by atoms with Crippen LogP contribution in [0.1, 0.15) is 30.0 Å². The Kier molecular flexibility index (Phi) is 4.51. The molecule has 29 heavy (non-hydrogen) atoms. The van der Waals surface area contributed by atoms with Crippen LogP contribution in [0, 0.1) is 0 Å². The fraction of sp³-hybridized carbons (Fsp3) is 0.318. The summed E-state index contributed by atoms with van der Waals surface area (Å²) in [7, 11) is 0. The number of carbonyl (C=O) groups is 1. The lowest BCUT2D eigenvalue weighted by molar-refractivity contribution is -0.122. The summed E-state index contributed by atoms with van der Waals surface area (Å²) in [6, 6.07) is 15.7. The van der Waals surface area contributed by atoms with Crippen molar-refractivity contribution in [2.75, 3.05) is 0 Å². The van der Waals surface area contributed by atoms with Crippen LogP contribution in [-0.4, -0.2) is 26.3 Å². The monoisotopic (exact) mass is 408 g/mol. The van der Waals surface area contributed by atoms with Gasteiger partial charge in [0.25, 0.3) is 0 Å². The number of nitrogens with one attached hydrogen (secondary N) is 1. The van der Waals surface area contributed by atoms with Crippen molar-refractivity contribution in [3.63, 3.8) is 0 Å². The molecule has 1 N–H and O–H groups in total. The summed E-state index contributed by atoms with van der Waals surface area (Å²) < 4.78 is 2.99. The number of amides is 1. The predicted molar refractivity (Wildman–Crippen MR) is 111 cm³/mol. The molecule has 7 heteroatoms. The molecule has 0 bridgehead atoms. The average Bonchev–Trinajstić information content (AvgIpc) is 3.38. The first-order chi connectivity index (χ1) is 14.1. The molecule has 1 heterocycles. The Hall–Kier alpha value is -2.86. The second-order valence-corrected chi connectivity index (χ2v) is 8.25. The zero-order valence-electron chi connectivity index (χ0n) is 15.8. The Balaban J connectivity index is 1.35. The number of benzene rings is 2. The number of aromatic nitrogens is 3. The van der Waals surface area contributed by atoms with Crippen LogP contribution in [-0.2, 0) is 24.2 Å². The molecule has 0 spiro atoms. The molecule has 1 amide bonds. The van der Waals surface area contributed by atoms with E-state index in [1.807, 2.05) is 24.3 Å². The standard InChI is InChI=1S/C22H21ClN4O2/c23-17-7-5-14(6-8-17)21-25-26(22(29)27(21)19-9-10-19)13-20(28)24-18-11-15-3-1-2-4-16(15)12-18/h1-8,18-19H,9-13H2,(H,24,28). The molecule has 2 aromatic carbocycles. The lowest BCUT2D eigenvalue weighted by atomic mass is 10.1. The van der Waals surface area contributed by atoms with Gasteiger partial charge < -0.3 is 5.32 Å². The Bertz CT molecular complexity index is 1100. The van der Waals surface area contributed by atoms with E-state index in [-0.39, 0.29) is 30.2 Å². The number of halogens is 1. The first kappa shape index (κ1) is 18.2. The largest absolute Gasteiger partial charge is 0.351 e. The lowest BCUT2D eigenvalue weighted by Gasteiger charge is -2.11. The van der Waals surface area contributed by atoms with Crippen molar-refractivity contribution in [3.8, 4) is 11.4 Å². The van der Waals surface area contributed by atoms with Gasteiger partial charge in [0.05, 0.1) is 0 Å². The SMILES string of the molecule is O=C(Cn1nc(-c2ccc(Cl)cc2)n(C2CC2)c1=O)NC1Cc2ccccc2C1. The molecule has 2 aliphatic carbocycles. The van der Waals surface area contributed by atoms with Crippen LogP contribution in [0.3, 0.4) is 0 Å². The smallest absolute Gasteiger partial charge is 0.346 e.